The average Bonchev–Trinajstić information content (AvgIpc) is 3.24. The van der Waals surface area contributed by atoms with Gasteiger partial charge in [0.05, 0.1) is 12.0 Å². The molecule has 2 aromatic heterocycles. The fraction of sp³-hybridized carbons (Fsp3) is 0.250. The van der Waals surface area contributed by atoms with Crippen LogP contribution in [0.1, 0.15) is 16.2 Å². The second kappa shape index (κ2) is 7.86. The third-order valence-electron chi connectivity index (χ3n) is 4.62. The largest absolute Gasteiger partial charge is 0.459 e. The minimum atomic E-state index is -0.701. The predicted molar refractivity (Wildman–Crippen MR) is 103 cm³/mol. The third-order valence-corrected chi connectivity index (χ3v) is 4.62. The van der Waals surface area contributed by atoms with Gasteiger partial charge in [-0.25, -0.2) is 13.8 Å². The predicted octanol–water partition coefficient (Wildman–Crippen LogP) is 3.36. The molecule has 0 unspecified atom stereocenters. The maximum Gasteiger partial charge on any atom is 0.289 e. The van der Waals surface area contributed by atoms with E-state index in [0.717, 1.165) is 6.07 Å². The summed E-state index contributed by atoms with van der Waals surface area (Å²) in [7, 11) is 0. The molecule has 0 bridgehead atoms. The molecule has 1 aliphatic rings. The number of nitrogens with zero attached hydrogens (tertiary/aromatic N) is 4. The number of hydrogen-bond acceptors (Lipinski definition) is 6. The number of benzene rings is 1. The first-order chi connectivity index (χ1) is 14.0. The molecule has 0 radical (unpaired) electrons. The quantitative estimate of drug-likeness (QED) is 0.725. The van der Waals surface area contributed by atoms with Gasteiger partial charge in [0.2, 0.25) is 5.95 Å². The number of carbonyl (C=O) groups excluding carboxylic acids is 1. The van der Waals surface area contributed by atoms with Gasteiger partial charge >= 0.3 is 0 Å². The van der Waals surface area contributed by atoms with Crippen molar-refractivity contribution in [3.8, 4) is 0 Å². The van der Waals surface area contributed by atoms with E-state index in [2.05, 4.69) is 15.3 Å². The fourth-order valence-electron chi connectivity index (χ4n) is 3.15. The van der Waals surface area contributed by atoms with E-state index in [-0.39, 0.29) is 11.6 Å². The Morgan fingerprint density at radius 2 is 1.90 bits per heavy atom. The van der Waals surface area contributed by atoms with Crippen molar-refractivity contribution in [3.05, 3.63) is 65.7 Å². The summed E-state index contributed by atoms with van der Waals surface area (Å²) in [5, 5.41) is 2.87. The highest BCUT2D eigenvalue weighted by molar-refractivity contribution is 5.91. The van der Waals surface area contributed by atoms with Crippen LogP contribution in [-0.2, 0) is 0 Å². The minimum absolute atomic E-state index is 0.129. The second-order valence-electron chi connectivity index (χ2n) is 6.70. The zero-order chi connectivity index (χ0) is 20.4. The SMILES string of the molecule is Cc1cc(Nc2ccc(F)cc2F)nc(N2CCN(C(=O)c3ccco3)CC2)n1. The standard InChI is InChI=1S/C20H19F2N5O2/c1-13-11-18(24-16-5-4-14(21)12-15(16)22)25-20(23-13)27-8-6-26(7-9-27)19(28)17-3-2-10-29-17/h2-5,10-12H,6-9H2,1H3,(H,23,24,25). The Morgan fingerprint density at radius 3 is 2.59 bits per heavy atom. The van der Waals surface area contributed by atoms with Gasteiger partial charge < -0.3 is 19.5 Å². The van der Waals surface area contributed by atoms with E-state index in [4.69, 9.17) is 4.42 Å². The van der Waals surface area contributed by atoms with Crippen LogP contribution in [0.3, 0.4) is 0 Å². The molecule has 9 heteroatoms. The summed E-state index contributed by atoms with van der Waals surface area (Å²) in [6.07, 6.45) is 1.47. The highest BCUT2D eigenvalue weighted by Crippen LogP contribution is 2.22. The van der Waals surface area contributed by atoms with Crippen LogP contribution in [0.15, 0.2) is 47.1 Å². The van der Waals surface area contributed by atoms with Crippen molar-refractivity contribution < 1.29 is 18.0 Å². The first kappa shape index (κ1) is 18.9. The molecule has 0 atom stereocenters. The van der Waals surface area contributed by atoms with E-state index >= 15 is 0 Å². The lowest BCUT2D eigenvalue weighted by molar-refractivity contribution is 0.0714. The number of furan rings is 1. The highest BCUT2D eigenvalue weighted by atomic mass is 19.1. The fourth-order valence-corrected chi connectivity index (χ4v) is 3.15. The van der Waals surface area contributed by atoms with Gasteiger partial charge in [0.15, 0.2) is 5.76 Å². The molecule has 4 rings (SSSR count). The van der Waals surface area contributed by atoms with E-state index < -0.39 is 11.6 Å². The van der Waals surface area contributed by atoms with E-state index in [9.17, 15) is 13.6 Å². The zero-order valence-electron chi connectivity index (χ0n) is 15.7. The molecule has 1 N–H and O–H groups in total. The normalized spacial score (nSPS) is 14.2. The van der Waals surface area contributed by atoms with Crippen molar-refractivity contribution in [2.24, 2.45) is 0 Å². The Morgan fingerprint density at radius 1 is 1.10 bits per heavy atom. The molecular weight excluding hydrogens is 380 g/mol. The maximum atomic E-state index is 13.9. The number of hydrogen-bond donors (Lipinski definition) is 1. The lowest BCUT2D eigenvalue weighted by atomic mass is 10.3. The lowest BCUT2D eigenvalue weighted by Gasteiger charge is -2.34. The van der Waals surface area contributed by atoms with Gasteiger partial charge in [-0.3, -0.25) is 4.79 Å². The van der Waals surface area contributed by atoms with Gasteiger partial charge in [0.25, 0.3) is 5.91 Å². The number of halogens is 2. The van der Waals surface area contributed by atoms with Gasteiger partial charge in [-0.1, -0.05) is 0 Å². The topological polar surface area (TPSA) is 74.5 Å². The van der Waals surface area contributed by atoms with Gasteiger partial charge in [-0.05, 0) is 31.2 Å². The summed E-state index contributed by atoms with van der Waals surface area (Å²) >= 11 is 0. The average molecular weight is 399 g/mol. The van der Waals surface area contributed by atoms with Crippen LogP contribution in [0.25, 0.3) is 0 Å². The van der Waals surface area contributed by atoms with Crippen LogP contribution in [0, 0.1) is 18.6 Å². The van der Waals surface area contributed by atoms with Crippen molar-refractivity contribution in [1.82, 2.24) is 14.9 Å². The van der Waals surface area contributed by atoms with Crippen LogP contribution < -0.4 is 10.2 Å². The number of amides is 1. The van der Waals surface area contributed by atoms with Crippen molar-refractivity contribution in [3.63, 3.8) is 0 Å². The molecule has 0 saturated carbocycles. The summed E-state index contributed by atoms with van der Waals surface area (Å²) < 4.78 is 32.2. The summed E-state index contributed by atoms with van der Waals surface area (Å²) in [5.74, 6) is -0.276. The van der Waals surface area contributed by atoms with Crippen molar-refractivity contribution in [1.29, 1.82) is 0 Å². The van der Waals surface area contributed by atoms with Crippen LogP contribution in [0.5, 0.6) is 0 Å². The molecule has 7 nitrogen and oxygen atoms in total. The third kappa shape index (κ3) is 4.18. The highest BCUT2D eigenvalue weighted by Gasteiger charge is 2.25. The van der Waals surface area contributed by atoms with Gasteiger partial charge in [-0.15, -0.1) is 0 Å². The number of nitrogens with one attached hydrogen (secondary N) is 1. The second-order valence-corrected chi connectivity index (χ2v) is 6.70. The molecule has 29 heavy (non-hydrogen) atoms. The van der Waals surface area contributed by atoms with Crippen molar-refractivity contribution in [2.75, 3.05) is 36.4 Å². The lowest BCUT2D eigenvalue weighted by Crippen LogP contribution is -2.49. The summed E-state index contributed by atoms with van der Waals surface area (Å²) in [4.78, 5) is 25.0. The number of rotatable bonds is 4. The van der Waals surface area contributed by atoms with Gasteiger partial charge in [0, 0.05) is 44.0 Å². The molecular formula is C20H19F2N5O2. The monoisotopic (exact) mass is 399 g/mol. The first-order valence-electron chi connectivity index (χ1n) is 9.15. The van der Waals surface area contributed by atoms with E-state index in [1.54, 1.807) is 23.1 Å². The maximum absolute atomic E-state index is 13.9. The molecule has 0 aliphatic carbocycles. The van der Waals surface area contributed by atoms with Crippen LogP contribution in [0.4, 0.5) is 26.2 Å². The van der Waals surface area contributed by atoms with Crippen molar-refractivity contribution in [2.45, 2.75) is 6.92 Å². The van der Waals surface area contributed by atoms with E-state index in [1.807, 2.05) is 11.8 Å². The molecule has 1 fully saturated rings. The number of carbonyl (C=O) groups is 1. The van der Waals surface area contributed by atoms with Crippen LogP contribution in [0.2, 0.25) is 0 Å². The smallest absolute Gasteiger partial charge is 0.289 e. The molecule has 3 aromatic rings. The molecule has 1 aliphatic heterocycles. The minimum Gasteiger partial charge on any atom is -0.459 e. The molecule has 1 saturated heterocycles. The van der Waals surface area contributed by atoms with Crippen molar-refractivity contribution >= 4 is 23.4 Å². The molecule has 1 aromatic carbocycles. The Hall–Kier alpha value is -3.49. The molecule has 150 valence electrons. The van der Waals surface area contributed by atoms with E-state index in [1.165, 1.54) is 18.4 Å². The number of aryl methyl sites for hydroxylation is 1. The summed E-state index contributed by atoms with van der Waals surface area (Å²) in [6, 6.07) is 8.32. The number of piperazine rings is 1. The van der Waals surface area contributed by atoms with Crippen LogP contribution in [-0.4, -0.2) is 47.0 Å². The summed E-state index contributed by atoms with van der Waals surface area (Å²) in [6.45, 7) is 3.94. The number of anilines is 3. The van der Waals surface area contributed by atoms with Gasteiger partial charge in [-0.2, -0.15) is 4.98 Å². The zero-order valence-corrected chi connectivity index (χ0v) is 15.7. The molecule has 3 heterocycles. The number of aromatic nitrogens is 2. The first-order valence-corrected chi connectivity index (χ1v) is 9.15. The Balaban J connectivity index is 1.46. The molecule has 1 amide bonds. The Labute approximate surface area is 166 Å². The Bertz CT molecular complexity index is 1020. The molecule has 0 spiro atoms. The Kier molecular flexibility index (Phi) is 5.11. The van der Waals surface area contributed by atoms with Gasteiger partial charge in [0.1, 0.15) is 17.5 Å². The van der Waals surface area contributed by atoms with Crippen LogP contribution >= 0.6 is 0 Å². The van der Waals surface area contributed by atoms with E-state index in [0.29, 0.717) is 49.4 Å². The summed E-state index contributed by atoms with van der Waals surface area (Å²) in [5.41, 5.74) is 0.832.